The number of cyclic esters (lactones) is 1. The molecule has 2 aliphatic rings. The van der Waals surface area contributed by atoms with Crippen LogP contribution in [-0.4, -0.2) is 30.7 Å². The van der Waals surface area contributed by atoms with Crippen LogP contribution in [0.5, 0.6) is 5.75 Å². The zero-order valence-electron chi connectivity index (χ0n) is 15.9. The monoisotopic (exact) mass is 373 g/mol. The number of likely N-dealkylation sites (N-methyl/N-ethyl adjacent to an activating group) is 1. The summed E-state index contributed by atoms with van der Waals surface area (Å²) in [5, 5.41) is 0. The second-order valence-electron chi connectivity index (χ2n) is 6.74. The summed E-state index contributed by atoms with van der Waals surface area (Å²) in [6.45, 7) is 4.02. The van der Waals surface area contributed by atoms with Gasteiger partial charge in [-0.1, -0.05) is 72.8 Å². The van der Waals surface area contributed by atoms with Gasteiger partial charge in [0.15, 0.2) is 5.60 Å². The third-order valence-corrected chi connectivity index (χ3v) is 5.10. The van der Waals surface area contributed by atoms with Gasteiger partial charge in [0, 0.05) is 23.2 Å². The number of benzene rings is 3. The van der Waals surface area contributed by atoms with Crippen molar-refractivity contribution in [1.29, 1.82) is 0 Å². The normalized spacial score (nSPS) is 16.0. The summed E-state index contributed by atoms with van der Waals surface area (Å²) < 4.78 is 11.0. The summed E-state index contributed by atoms with van der Waals surface area (Å²) in [4.78, 5) is 12.2. The zero-order valence-corrected chi connectivity index (χ0v) is 15.9. The Morgan fingerprint density at radius 1 is 0.857 bits per heavy atom. The molecule has 0 spiro atoms. The van der Waals surface area contributed by atoms with Crippen LogP contribution in [0.4, 0.5) is 4.79 Å². The lowest BCUT2D eigenvalue weighted by Gasteiger charge is -2.31. The number of hydrogen-bond donors (Lipinski definition) is 0. The van der Waals surface area contributed by atoms with Gasteiger partial charge in [-0.25, -0.2) is 4.79 Å². The van der Waals surface area contributed by atoms with Crippen molar-refractivity contribution in [1.82, 2.24) is 4.90 Å². The summed E-state index contributed by atoms with van der Waals surface area (Å²) in [5.74, 6) is 0.926. The molecule has 142 valence electrons. The van der Waals surface area contributed by atoms with Crippen molar-refractivity contribution in [2.75, 3.05) is 19.7 Å². The van der Waals surface area contributed by atoms with E-state index in [0.717, 1.165) is 30.0 Å². The first-order valence-corrected chi connectivity index (χ1v) is 9.56. The van der Waals surface area contributed by atoms with Crippen LogP contribution >= 0.6 is 0 Å². The third-order valence-electron chi connectivity index (χ3n) is 5.10. The molecule has 4 nitrogen and oxygen atoms in total. The first kappa shape index (κ1) is 18.1. The summed E-state index contributed by atoms with van der Waals surface area (Å²) in [6, 6.07) is 29.1. The average Bonchev–Trinajstić information content (AvgIpc) is 3.29. The molecule has 1 fully saturated rings. The van der Waals surface area contributed by atoms with Crippen LogP contribution < -0.4 is 4.74 Å². The zero-order chi connectivity index (χ0) is 19.4. The Hall–Kier alpha value is -3.27. The standard InChI is InChI=1S/C19H14O.C5H9NO2/c1-3-8-15(9-4-1)19(16-10-5-2-6-11-16)17-12-7-13-18(14-17)20-19;1-2-6-3-4-8-5(6)7/h1-14H;2-4H2,1H3. The molecule has 0 saturated carbocycles. The molecule has 2 aliphatic heterocycles. The maximum atomic E-state index is 10.5. The number of amides is 1. The second-order valence-corrected chi connectivity index (χ2v) is 6.74. The maximum Gasteiger partial charge on any atom is 0.409 e. The minimum Gasteiger partial charge on any atom is -0.473 e. The van der Waals surface area contributed by atoms with Gasteiger partial charge in [0.05, 0.1) is 6.54 Å². The SMILES string of the molecule is CCN1CCOC1=O.c1ccc(C2(c3ccccc3)Oc3cccc2c3)cc1. The lowest BCUT2D eigenvalue weighted by molar-refractivity contribution is 0.159. The molecule has 5 rings (SSSR count). The largest absolute Gasteiger partial charge is 0.473 e. The molecule has 3 aromatic carbocycles. The Morgan fingerprint density at radius 3 is 1.93 bits per heavy atom. The summed E-state index contributed by atoms with van der Waals surface area (Å²) >= 11 is 0. The molecule has 2 heterocycles. The van der Waals surface area contributed by atoms with Crippen molar-refractivity contribution >= 4 is 6.09 Å². The maximum absolute atomic E-state index is 10.5. The van der Waals surface area contributed by atoms with Crippen LogP contribution in [0, 0.1) is 0 Å². The molecule has 4 heteroatoms. The van der Waals surface area contributed by atoms with E-state index >= 15 is 0 Å². The predicted molar refractivity (Wildman–Crippen MR) is 108 cm³/mol. The van der Waals surface area contributed by atoms with Crippen LogP contribution in [0.2, 0.25) is 0 Å². The first-order chi connectivity index (χ1) is 13.7. The molecule has 0 unspecified atom stereocenters. The van der Waals surface area contributed by atoms with Gasteiger partial charge in [0.2, 0.25) is 0 Å². The smallest absolute Gasteiger partial charge is 0.409 e. The molecular formula is C24H23NO3. The fourth-order valence-corrected chi connectivity index (χ4v) is 3.69. The molecule has 0 aliphatic carbocycles. The van der Waals surface area contributed by atoms with Gasteiger partial charge < -0.3 is 14.4 Å². The molecule has 0 radical (unpaired) electrons. The van der Waals surface area contributed by atoms with Crippen molar-refractivity contribution in [3.05, 3.63) is 102 Å². The molecule has 0 aromatic heterocycles. The predicted octanol–water partition coefficient (Wildman–Crippen LogP) is 4.83. The van der Waals surface area contributed by atoms with E-state index in [-0.39, 0.29) is 6.09 Å². The van der Waals surface area contributed by atoms with Crippen LogP contribution in [0.3, 0.4) is 0 Å². The first-order valence-electron chi connectivity index (χ1n) is 9.56. The van der Waals surface area contributed by atoms with Gasteiger partial charge in [0.1, 0.15) is 12.4 Å². The lowest BCUT2D eigenvalue weighted by Crippen LogP contribution is -2.32. The van der Waals surface area contributed by atoms with E-state index in [1.165, 1.54) is 5.56 Å². The van der Waals surface area contributed by atoms with Gasteiger partial charge in [-0.05, 0) is 19.1 Å². The summed E-state index contributed by atoms with van der Waals surface area (Å²) in [6.07, 6.45) is -0.174. The Kier molecular flexibility index (Phi) is 5.02. The second kappa shape index (κ2) is 7.77. The Bertz CT molecular complexity index is 901. The Morgan fingerprint density at radius 2 is 1.46 bits per heavy atom. The topological polar surface area (TPSA) is 38.8 Å². The van der Waals surface area contributed by atoms with Crippen LogP contribution in [0.1, 0.15) is 23.6 Å². The van der Waals surface area contributed by atoms with Crippen molar-refractivity contribution in [3.63, 3.8) is 0 Å². The fraction of sp³-hybridized carbons (Fsp3) is 0.208. The Labute approximate surface area is 165 Å². The highest BCUT2D eigenvalue weighted by atomic mass is 16.6. The third kappa shape index (κ3) is 3.22. The van der Waals surface area contributed by atoms with Gasteiger partial charge in [-0.3, -0.25) is 0 Å². The number of nitrogens with zero attached hydrogens (tertiary/aromatic N) is 1. The van der Waals surface area contributed by atoms with Gasteiger partial charge in [-0.15, -0.1) is 0 Å². The van der Waals surface area contributed by atoms with Crippen LogP contribution in [0.25, 0.3) is 0 Å². The van der Waals surface area contributed by atoms with Crippen molar-refractivity contribution in [3.8, 4) is 5.75 Å². The average molecular weight is 373 g/mol. The molecule has 0 atom stereocenters. The van der Waals surface area contributed by atoms with Crippen molar-refractivity contribution in [2.24, 2.45) is 0 Å². The van der Waals surface area contributed by atoms with E-state index in [9.17, 15) is 4.79 Å². The van der Waals surface area contributed by atoms with Crippen molar-refractivity contribution < 1.29 is 14.3 Å². The molecule has 1 amide bonds. The van der Waals surface area contributed by atoms with Crippen molar-refractivity contribution in [2.45, 2.75) is 12.5 Å². The highest BCUT2D eigenvalue weighted by Crippen LogP contribution is 2.46. The van der Waals surface area contributed by atoms with Crippen LogP contribution in [0.15, 0.2) is 84.9 Å². The van der Waals surface area contributed by atoms with E-state index in [1.54, 1.807) is 4.90 Å². The number of rotatable bonds is 3. The quantitative estimate of drug-likeness (QED) is 0.660. The molecule has 28 heavy (non-hydrogen) atoms. The minimum atomic E-state index is -0.513. The van der Waals surface area contributed by atoms with Gasteiger partial charge in [0.25, 0.3) is 0 Å². The van der Waals surface area contributed by atoms with E-state index in [1.807, 2.05) is 25.1 Å². The molecule has 1 saturated heterocycles. The lowest BCUT2D eigenvalue weighted by atomic mass is 9.81. The summed E-state index contributed by atoms with van der Waals surface area (Å²) in [7, 11) is 0. The number of carbonyl (C=O) groups is 1. The number of fused-ring (bicyclic) bond motifs is 2. The number of hydrogen-bond acceptors (Lipinski definition) is 3. The number of ether oxygens (including phenoxy) is 2. The van der Waals surface area contributed by atoms with Gasteiger partial charge >= 0.3 is 6.09 Å². The fourth-order valence-electron chi connectivity index (χ4n) is 3.69. The molecule has 2 bridgehead atoms. The van der Waals surface area contributed by atoms with E-state index < -0.39 is 5.60 Å². The minimum absolute atomic E-state index is 0.174. The van der Waals surface area contributed by atoms with E-state index in [2.05, 4.69) is 71.5 Å². The molecule has 0 N–H and O–H groups in total. The molecular weight excluding hydrogens is 350 g/mol. The van der Waals surface area contributed by atoms with Gasteiger partial charge in [-0.2, -0.15) is 0 Å². The van der Waals surface area contributed by atoms with E-state index in [0.29, 0.717) is 6.61 Å². The number of carbonyl (C=O) groups excluding carboxylic acids is 1. The van der Waals surface area contributed by atoms with E-state index in [4.69, 9.17) is 4.74 Å². The summed E-state index contributed by atoms with van der Waals surface area (Å²) in [5.41, 5.74) is 2.99. The Balaban J connectivity index is 0.000000203. The van der Waals surface area contributed by atoms with Crippen LogP contribution in [-0.2, 0) is 10.3 Å². The molecule has 3 aromatic rings. The highest BCUT2D eigenvalue weighted by molar-refractivity contribution is 5.69. The highest BCUT2D eigenvalue weighted by Gasteiger charge is 2.42.